The number of pyridine rings is 1. The van der Waals surface area contributed by atoms with E-state index in [1.807, 2.05) is 24.3 Å². The van der Waals surface area contributed by atoms with E-state index in [9.17, 15) is 9.59 Å². The molecule has 4 heteroatoms. The number of hydrogen-bond acceptors (Lipinski definition) is 2. The molecule has 0 amide bonds. The molecule has 0 saturated carbocycles. The molecule has 2 rings (SSSR count). The number of nitrogens with one attached hydrogen (secondary N) is 1. The molecule has 4 nitrogen and oxygen atoms in total. The number of benzene rings is 1. The highest BCUT2D eigenvalue weighted by Crippen LogP contribution is 2.16. The zero-order chi connectivity index (χ0) is 13.1. The third-order valence-corrected chi connectivity index (χ3v) is 2.75. The molecule has 0 aliphatic rings. The summed E-state index contributed by atoms with van der Waals surface area (Å²) in [4.78, 5) is 25.0. The van der Waals surface area contributed by atoms with Crippen molar-refractivity contribution in [3.63, 3.8) is 0 Å². The first-order valence-electron chi connectivity index (χ1n) is 5.67. The normalized spacial score (nSPS) is 10.3. The van der Waals surface area contributed by atoms with Gasteiger partial charge in [0.15, 0.2) is 5.43 Å². The minimum absolute atomic E-state index is 0.0999. The summed E-state index contributed by atoms with van der Waals surface area (Å²) in [6.07, 6.45) is 0.936. The lowest BCUT2D eigenvalue weighted by atomic mass is 10.1. The van der Waals surface area contributed by atoms with Crippen LogP contribution in [-0.4, -0.2) is 16.1 Å². The summed E-state index contributed by atoms with van der Waals surface area (Å²) < 4.78 is 0. The SMILES string of the molecule is CCc1ccc(-c2cc(=O)cc(C(=O)O)[nH]2)cc1. The topological polar surface area (TPSA) is 70.2 Å². The van der Waals surface area contributed by atoms with Gasteiger partial charge in [-0.3, -0.25) is 4.79 Å². The van der Waals surface area contributed by atoms with Gasteiger partial charge in [-0.15, -0.1) is 0 Å². The summed E-state index contributed by atoms with van der Waals surface area (Å²) in [5.41, 5.74) is 2.09. The Hall–Kier alpha value is -2.36. The third-order valence-electron chi connectivity index (χ3n) is 2.75. The first-order valence-corrected chi connectivity index (χ1v) is 5.67. The van der Waals surface area contributed by atoms with Crippen LogP contribution in [0.15, 0.2) is 41.2 Å². The highest BCUT2D eigenvalue weighted by molar-refractivity contribution is 5.86. The van der Waals surface area contributed by atoms with E-state index in [1.165, 1.54) is 11.6 Å². The van der Waals surface area contributed by atoms with Crippen molar-refractivity contribution in [3.05, 3.63) is 57.9 Å². The molecule has 0 aliphatic heterocycles. The first kappa shape index (κ1) is 12.1. The lowest BCUT2D eigenvalue weighted by Gasteiger charge is -2.04. The van der Waals surface area contributed by atoms with Crippen LogP contribution >= 0.6 is 0 Å². The van der Waals surface area contributed by atoms with Crippen molar-refractivity contribution < 1.29 is 9.90 Å². The summed E-state index contributed by atoms with van der Waals surface area (Å²) in [5, 5.41) is 8.89. The molecule has 92 valence electrons. The van der Waals surface area contributed by atoms with Crippen LogP contribution in [0.2, 0.25) is 0 Å². The van der Waals surface area contributed by atoms with Gasteiger partial charge in [-0.2, -0.15) is 0 Å². The van der Waals surface area contributed by atoms with Crippen molar-refractivity contribution in [2.75, 3.05) is 0 Å². The fourth-order valence-electron chi connectivity index (χ4n) is 1.73. The Balaban J connectivity index is 2.49. The summed E-state index contributed by atoms with van der Waals surface area (Å²) >= 11 is 0. The maximum absolute atomic E-state index is 11.4. The smallest absolute Gasteiger partial charge is 0.352 e. The Morgan fingerprint density at radius 3 is 2.44 bits per heavy atom. The van der Waals surface area contributed by atoms with Crippen LogP contribution in [0.5, 0.6) is 0 Å². The maximum atomic E-state index is 11.4. The summed E-state index contributed by atoms with van der Waals surface area (Å²) in [5.74, 6) is -1.14. The molecule has 0 unspecified atom stereocenters. The average Bonchev–Trinajstić information content (AvgIpc) is 2.38. The zero-order valence-electron chi connectivity index (χ0n) is 9.93. The van der Waals surface area contributed by atoms with E-state index in [0.717, 1.165) is 18.1 Å². The van der Waals surface area contributed by atoms with Gasteiger partial charge in [0.2, 0.25) is 0 Å². The van der Waals surface area contributed by atoms with Gasteiger partial charge in [0, 0.05) is 17.8 Å². The molecule has 1 aromatic carbocycles. The number of aromatic nitrogens is 1. The highest BCUT2D eigenvalue weighted by Gasteiger charge is 2.07. The molecule has 0 bridgehead atoms. The van der Waals surface area contributed by atoms with Crippen molar-refractivity contribution in [2.24, 2.45) is 0 Å². The second-order valence-corrected chi connectivity index (χ2v) is 4.00. The molecule has 0 spiro atoms. The van der Waals surface area contributed by atoms with Gasteiger partial charge in [-0.05, 0) is 17.5 Å². The second-order valence-electron chi connectivity index (χ2n) is 4.00. The van der Waals surface area contributed by atoms with Gasteiger partial charge >= 0.3 is 5.97 Å². The molecule has 0 aliphatic carbocycles. The highest BCUT2D eigenvalue weighted by atomic mass is 16.4. The summed E-state index contributed by atoms with van der Waals surface area (Å²) in [6.45, 7) is 2.06. The van der Waals surface area contributed by atoms with Crippen molar-refractivity contribution in [3.8, 4) is 11.3 Å². The van der Waals surface area contributed by atoms with Gasteiger partial charge in [0.25, 0.3) is 0 Å². The lowest BCUT2D eigenvalue weighted by Crippen LogP contribution is -2.09. The van der Waals surface area contributed by atoms with Crippen molar-refractivity contribution in [2.45, 2.75) is 13.3 Å². The molecule has 18 heavy (non-hydrogen) atoms. The quantitative estimate of drug-likeness (QED) is 0.869. The number of rotatable bonds is 3. The average molecular weight is 243 g/mol. The monoisotopic (exact) mass is 243 g/mol. The number of aryl methyl sites for hydroxylation is 1. The molecule has 0 fully saturated rings. The Morgan fingerprint density at radius 1 is 1.22 bits per heavy atom. The lowest BCUT2D eigenvalue weighted by molar-refractivity contribution is 0.0690. The molecule has 2 N–H and O–H groups in total. The first-order chi connectivity index (χ1) is 8.60. The Kier molecular flexibility index (Phi) is 3.28. The number of carboxylic acids is 1. The van der Waals surface area contributed by atoms with Crippen molar-refractivity contribution in [1.29, 1.82) is 0 Å². The van der Waals surface area contributed by atoms with Crippen LogP contribution in [0.25, 0.3) is 11.3 Å². The second kappa shape index (κ2) is 4.87. The van der Waals surface area contributed by atoms with Crippen LogP contribution < -0.4 is 5.43 Å². The third kappa shape index (κ3) is 2.48. The number of H-pyrrole nitrogens is 1. The van der Waals surface area contributed by atoms with Crippen molar-refractivity contribution >= 4 is 5.97 Å². The van der Waals surface area contributed by atoms with E-state index in [2.05, 4.69) is 11.9 Å². The van der Waals surface area contributed by atoms with Gasteiger partial charge in [0.1, 0.15) is 5.69 Å². The standard InChI is InChI=1S/C14H13NO3/c1-2-9-3-5-10(6-4-9)12-7-11(16)8-13(15-12)14(17)18/h3-8H,2H2,1H3,(H,15,16)(H,17,18). The van der Waals surface area contributed by atoms with E-state index in [-0.39, 0.29) is 11.1 Å². The minimum Gasteiger partial charge on any atom is -0.477 e. The van der Waals surface area contributed by atoms with Gasteiger partial charge in [0.05, 0.1) is 0 Å². The number of hydrogen-bond donors (Lipinski definition) is 2. The van der Waals surface area contributed by atoms with Crippen LogP contribution in [-0.2, 0) is 6.42 Å². The molecule has 1 heterocycles. The molecule has 0 saturated heterocycles. The van der Waals surface area contributed by atoms with Crippen LogP contribution in [0.3, 0.4) is 0 Å². The van der Waals surface area contributed by atoms with E-state index < -0.39 is 5.97 Å². The maximum Gasteiger partial charge on any atom is 0.352 e. The molecule has 2 aromatic rings. The van der Waals surface area contributed by atoms with Crippen LogP contribution in [0.4, 0.5) is 0 Å². The van der Waals surface area contributed by atoms with Crippen molar-refractivity contribution in [1.82, 2.24) is 4.98 Å². The van der Waals surface area contributed by atoms with E-state index in [4.69, 9.17) is 5.11 Å². The number of aromatic carboxylic acids is 1. The number of aromatic amines is 1. The van der Waals surface area contributed by atoms with Gasteiger partial charge < -0.3 is 10.1 Å². The fraction of sp³-hybridized carbons (Fsp3) is 0.143. The predicted octanol–water partition coefficient (Wildman–Crippen LogP) is 2.30. The number of carbonyl (C=O) groups is 1. The van der Waals surface area contributed by atoms with E-state index in [1.54, 1.807) is 0 Å². The molecule has 1 aromatic heterocycles. The van der Waals surface area contributed by atoms with Crippen LogP contribution in [0.1, 0.15) is 23.0 Å². The Morgan fingerprint density at radius 2 is 1.89 bits per heavy atom. The molecule has 0 radical (unpaired) electrons. The summed E-state index contributed by atoms with van der Waals surface area (Å²) in [6, 6.07) is 10.1. The Bertz CT molecular complexity index is 626. The van der Waals surface area contributed by atoms with Gasteiger partial charge in [-0.25, -0.2) is 4.79 Å². The van der Waals surface area contributed by atoms with Crippen LogP contribution in [0, 0.1) is 0 Å². The Labute approximate surface area is 104 Å². The minimum atomic E-state index is -1.14. The largest absolute Gasteiger partial charge is 0.477 e. The summed E-state index contributed by atoms with van der Waals surface area (Å²) in [7, 11) is 0. The molecule has 0 atom stereocenters. The molecular weight excluding hydrogens is 230 g/mol. The van der Waals surface area contributed by atoms with Gasteiger partial charge in [-0.1, -0.05) is 31.2 Å². The molecular formula is C14H13NO3. The predicted molar refractivity (Wildman–Crippen MR) is 68.8 cm³/mol. The van der Waals surface area contributed by atoms with E-state index in [0.29, 0.717) is 5.69 Å². The zero-order valence-corrected chi connectivity index (χ0v) is 9.93. The fourth-order valence-corrected chi connectivity index (χ4v) is 1.73. The number of carboxylic acid groups (broad SMARTS) is 1. The van der Waals surface area contributed by atoms with E-state index >= 15 is 0 Å².